The second kappa shape index (κ2) is 7.80. The molecule has 0 radical (unpaired) electrons. The van der Waals surface area contributed by atoms with E-state index in [1.807, 2.05) is 48.2 Å². The van der Waals surface area contributed by atoms with Gasteiger partial charge in [0.15, 0.2) is 0 Å². The van der Waals surface area contributed by atoms with Crippen LogP contribution >= 0.6 is 0 Å². The maximum atomic E-state index is 13.4. The van der Waals surface area contributed by atoms with Crippen LogP contribution in [0.25, 0.3) is 5.69 Å². The molecule has 1 amide bonds. The number of hydrogen-bond acceptors (Lipinski definition) is 5. The van der Waals surface area contributed by atoms with Gasteiger partial charge in [0.25, 0.3) is 5.91 Å². The van der Waals surface area contributed by atoms with Gasteiger partial charge < -0.3 is 9.64 Å². The fourth-order valence-corrected chi connectivity index (χ4v) is 3.53. The number of para-hydroxylation sites is 1. The van der Waals surface area contributed by atoms with E-state index in [1.54, 1.807) is 18.6 Å². The summed E-state index contributed by atoms with van der Waals surface area (Å²) in [6.45, 7) is 4.58. The Kier molecular flexibility index (Phi) is 5.06. The lowest BCUT2D eigenvalue weighted by Crippen LogP contribution is -2.49. The van der Waals surface area contributed by atoms with Gasteiger partial charge in [-0.3, -0.25) is 4.79 Å². The Balaban J connectivity index is 1.56. The van der Waals surface area contributed by atoms with Crippen molar-refractivity contribution in [2.75, 3.05) is 6.54 Å². The second-order valence-corrected chi connectivity index (χ2v) is 7.08. The van der Waals surface area contributed by atoms with Crippen molar-refractivity contribution in [2.24, 2.45) is 0 Å². The number of piperidine rings is 1. The molecule has 1 aliphatic rings. The number of amides is 1. The Hall–Kier alpha value is -3.22. The summed E-state index contributed by atoms with van der Waals surface area (Å²) in [6.07, 6.45) is 6.62. The molecular weight excluding hydrogens is 354 g/mol. The lowest BCUT2D eigenvalue weighted by Gasteiger charge is -2.38. The van der Waals surface area contributed by atoms with Crippen molar-refractivity contribution in [3.8, 4) is 11.6 Å². The normalized spacial score (nSPS) is 19.4. The van der Waals surface area contributed by atoms with Crippen LogP contribution in [0.15, 0.2) is 55.0 Å². The number of ether oxygens (including phenoxy) is 1. The number of pyridine rings is 1. The van der Waals surface area contributed by atoms with E-state index < -0.39 is 0 Å². The minimum atomic E-state index is -0.0799. The molecule has 28 heavy (non-hydrogen) atoms. The summed E-state index contributed by atoms with van der Waals surface area (Å²) in [7, 11) is 0. The highest BCUT2D eigenvalue weighted by atomic mass is 16.5. The fourth-order valence-electron chi connectivity index (χ4n) is 3.53. The van der Waals surface area contributed by atoms with Gasteiger partial charge in [-0.15, -0.1) is 0 Å². The molecule has 1 saturated heterocycles. The summed E-state index contributed by atoms with van der Waals surface area (Å²) in [5.41, 5.74) is 2.25. The van der Waals surface area contributed by atoms with Crippen molar-refractivity contribution >= 4 is 5.91 Å². The minimum absolute atomic E-state index is 0.0357. The monoisotopic (exact) mass is 377 g/mol. The van der Waals surface area contributed by atoms with Crippen molar-refractivity contribution in [2.45, 2.75) is 38.8 Å². The molecule has 2 aromatic heterocycles. The van der Waals surface area contributed by atoms with Crippen LogP contribution in [0.5, 0.6) is 5.88 Å². The number of likely N-dealkylation sites (tertiary alicyclic amines) is 1. The first kappa shape index (κ1) is 18.2. The number of carbonyl (C=O) groups is 1. The largest absolute Gasteiger partial charge is 0.472 e. The van der Waals surface area contributed by atoms with Crippen LogP contribution in [0.4, 0.5) is 0 Å². The standard InChI is InChI=1S/C21H23N5O2/c1-15-6-5-11-22-20(15)28-17-10-9-16(2)25(14-17)21(27)18-7-3-4-8-19(18)26-23-12-13-24-26/h3-8,11-13,16-17H,9-10,14H2,1-2H3/t16-,17+/m1/s1. The van der Waals surface area contributed by atoms with Crippen LogP contribution < -0.4 is 4.74 Å². The maximum absolute atomic E-state index is 13.4. The minimum Gasteiger partial charge on any atom is -0.472 e. The predicted molar refractivity (Wildman–Crippen MR) is 104 cm³/mol. The van der Waals surface area contributed by atoms with Crippen LogP contribution in [0.1, 0.15) is 35.7 Å². The molecule has 0 spiro atoms. The molecule has 0 bridgehead atoms. The molecule has 1 fully saturated rings. The Morgan fingerprint density at radius 3 is 2.64 bits per heavy atom. The summed E-state index contributed by atoms with van der Waals surface area (Å²) in [5, 5.41) is 8.35. The van der Waals surface area contributed by atoms with Crippen molar-refractivity contribution in [3.63, 3.8) is 0 Å². The Labute approximate surface area is 164 Å². The summed E-state index contributed by atoms with van der Waals surface area (Å²) >= 11 is 0. The van der Waals surface area contributed by atoms with Gasteiger partial charge in [-0.1, -0.05) is 18.2 Å². The highest BCUT2D eigenvalue weighted by Crippen LogP contribution is 2.25. The van der Waals surface area contributed by atoms with Gasteiger partial charge in [0.2, 0.25) is 5.88 Å². The second-order valence-electron chi connectivity index (χ2n) is 7.08. The Bertz CT molecular complexity index is 957. The van der Waals surface area contributed by atoms with Gasteiger partial charge in [-0.05, 0) is 44.9 Å². The molecular formula is C21H23N5O2. The molecule has 0 N–H and O–H groups in total. The summed E-state index contributed by atoms with van der Waals surface area (Å²) < 4.78 is 6.12. The smallest absolute Gasteiger partial charge is 0.256 e. The number of rotatable bonds is 4. The van der Waals surface area contributed by atoms with E-state index in [4.69, 9.17) is 4.74 Å². The van der Waals surface area contributed by atoms with E-state index in [1.165, 1.54) is 4.80 Å². The maximum Gasteiger partial charge on any atom is 0.256 e. The predicted octanol–water partition coefficient (Wildman–Crippen LogP) is 3.04. The first-order valence-corrected chi connectivity index (χ1v) is 9.48. The molecule has 0 saturated carbocycles. The van der Waals surface area contributed by atoms with Crippen LogP contribution in [0, 0.1) is 6.92 Å². The zero-order valence-corrected chi connectivity index (χ0v) is 16.0. The Morgan fingerprint density at radius 2 is 1.86 bits per heavy atom. The molecule has 4 rings (SSSR count). The van der Waals surface area contributed by atoms with E-state index in [9.17, 15) is 4.79 Å². The lowest BCUT2D eigenvalue weighted by atomic mass is 9.99. The third kappa shape index (κ3) is 3.60. The SMILES string of the molecule is Cc1cccnc1O[C@H]1CC[C@@H](C)N(C(=O)c2ccccc2-n2nccn2)C1. The zero-order chi connectivity index (χ0) is 19.5. The van der Waals surface area contributed by atoms with E-state index in [0.29, 0.717) is 23.7 Å². The average Bonchev–Trinajstić information content (AvgIpc) is 3.25. The molecule has 3 heterocycles. The van der Waals surface area contributed by atoms with Gasteiger partial charge in [-0.25, -0.2) is 4.98 Å². The van der Waals surface area contributed by atoms with Crippen LogP contribution in [-0.2, 0) is 0 Å². The van der Waals surface area contributed by atoms with E-state index in [2.05, 4.69) is 22.1 Å². The number of aromatic nitrogens is 4. The molecule has 7 heteroatoms. The molecule has 144 valence electrons. The number of carbonyl (C=O) groups excluding carboxylic acids is 1. The molecule has 3 aromatic rings. The third-order valence-electron chi connectivity index (χ3n) is 5.11. The lowest BCUT2D eigenvalue weighted by molar-refractivity contribution is 0.0371. The van der Waals surface area contributed by atoms with E-state index >= 15 is 0 Å². The summed E-state index contributed by atoms with van der Waals surface area (Å²) in [5.74, 6) is 0.599. The van der Waals surface area contributed by atoms with Crippen molar-refractivity contribution in [3.05, 3.63) is 66.1 Å². The van der Waals surface area contributed by atoms with Gasteiger partial charge in [-0.2, -0.15) is 15.0 Å². The van der Waals surface area contributed by atoms with Crippen LogP contribution in [0.3, 0.4) is 0 Å². The fraction of sp³-hybridized carbons (Fsp3) is 0.333. The van der Waals surface area contributed by atoms with Crippen molar-refractivity contribution in [1.82, 2.24) is 24.9 Å². The van der Waals surface area contributed by atoms with Gasteiger partial charge in [0.1, 0.15) is 6.10 Å². The average molecular weight is 377 g/mol. The molecule has 1 aromatic carbocycles. The van der Waals surface area contributed by atoms with Crippen molar-refractivity contribution in [1.29, 1.82) is 0 Å². The van der Waals surface area contributed by atoms with Gasteiger partial charge in [0, 0.05) is 17.8 Å². The molecule has 1 aliphatic heterocycles. The van der Waals surface area contributed by atoms with Gasteiger partial charge >= 0.3 is 0 Å². The van der Waals surface area contributed by atoms with Gasteiger partial charge in [0.05, 0.1) is 30.2 Å². The first-order chi connectivity index (χ1) is 13.6. The molecule has 2 atom stereocenters. The van der Waals surface area contributed by atoms with Crippen LogP contribution in [-0.4, -0.2) is 49.5 Å². The number of aryl methyl sites for hydroxylation is 1. The zero-order valence-electron chi connectivity index (χ0n) is 16.0. The quantitative estimate of drug-likeness (QED) is 0.699. The molecule has 0 unspecified atom stereocenters. The number of hydrogen-bond donors (Lipinski definition) is 0. The summed E-state index contributed by atoms with van der Waals surface area (Å²) in [4.78, 5) is 21.1. The topological polar surface area (TPSA) is 73.1 Å². The van der Waals surface area contributed by atoms with Crippen molar-refractivity contribution < 1.29 is 9.53 Å². The van der Waals surface area contributed by atoms with E-state index in [-0.39, 0.29) is 18.1 Å². The highest BCUT2D eigenvalue weighted by Gasteiger charge is 2.32. The highest BCUT2D eigenvalue weighted by molar-refractivity contribution is 5.98. The molecule has 7 nitrogen and oxygen atoms in total. The first-order valence-electron chi connectivity index (χ1n) is 9.48. The number of nitrogens with zero attached hydrogens (tertiary/aromatic N) is 5. The Morgan fingerprint density at radius 1 is 1.07 bits per heavy atom. The summed E-state index contributed by atoms with van der Waals surface area (Å²) in [6, 6.07) is 11.4. The molecule has 0 aliphatic carbocycles. The third-order valence-corrected chi connectivity index (χ3v) is 5.11. The number of benzene rings is 1. The van der Waals surface area contributed by atoms with Crippen LogP contribution in [0.2, 0.25) is 0 Å². The van der Waals surface area contributed by atoms with E-state index in [0.717, 1.165) is 18.4 Å².